The average Bonchev–Trinajstić information content (AvgIpc) is 2.88. The molecule has 3 aromatic rings. The first-order chi connectivity index (χ1) is 18.7. The monoisotopic (exact) mass is 583 g/mol. The Hall–Kier alpha value is -3.36. The van der Waals surface area contributed by atoms with Crippen LogP contribution < -0.4 is 9.62 Å². The maximum Gasteiger partial charge on any atom is 0.264 e. The molecular weight excluding hydrogens is 546 g/mol. The van der Waals surface area contributed by atoms with Crippen molar-refractivity contribution in [2.24, 2.45) is 0 Å². The van der Waals surface area contributed by atoms with Crippen LogP contribution in [0.25, 0.3) is 0 Å². The second-order valence-corrected chi connectivity index (χ2v) is 13.2. The van der Waals surface area contributed by atoms with Crippen molar-refractivity contribution in [2.75, 3.05) is 10.8 Å². The van der Waals surface area contributed by atoms with Gasteiger partial charge in [-0.15, -0.1) is 0 Å². The van der Waals surface area contributed by atoms with E-state index in [1.165, 1.54) is 17.0 Å². The minimum absolute atomic E-state index is 0.0462. The van der Waals surface area contributed by atoms with E-state index < -0.39 is 34.1 Å². The molecule has 214 valence electrons. The number of carbonyl (C=O) groups is 2. The minimum Gasteiger partial charge on any atom is -0.350 e. The topological polar surface area (TPSA) is 86.8 Å². The van der Waals surface area contributed by atoms with Crippen molar-refractivity contribution in [3.05, 3.63) is 94.5 Å². The summed E-state index contributed by atoms with van der Waals surface area (Å²) in [6.45, 7) is 10.8. The molecule has 1 N–H and O–H groups in total. The molecule has 3 aromatic carbocycles. The number of nitrogens with one attached hydrogen (secondary N) is 1. The summed E-state index contributed by atoms with van der Waals surface area (Å²) in [4.78, 5) is 29.1. The predicted molar refractivity (Wildman–Crippen MR) is 161 cm³/mol. The second-order valence-electron chi connectivity index (χ2n) is 10.9. The van der Waals surface area contributed by atoms with Gasteiger partial charge < -0.3 is 10.2 Å². The number of sulfonamides is 1. The van der Waals surface area contributed by atoms with E-state index in [1.54, 1.807) is 43.3 Å². The van der Waals surface area contributed by atoms with Gasteiger partial charge in [0.15, 0.2) is 0 Å². The maximum absolute atomic E-state index is 14.2. The van der Waals surface area contributed by atoms with E-state index in [0.29, 0.717) is 22.7 Å². The fraction of sp³-hybridized carbons (Fsp3) is 0.355. The maximum atomic E-state index is 14.2. The third kappa shape index (κ3) is 7.64. The van der Waals surface area contributed by atoms with Gasteiger partial charge in [0.1, 0.15) is 12.6 Å². The van der Waals surface area contributed by atoms with E-state index in [2.05, 4.69) is 5.32 Å². The lowest BCUT2D eigenvalue weighted by molar-refractivity contribution is -0.141. The molecule has 7 nitrogen and oxygen atoms in total. The first kappa shape index (κ1) is 31.2. The van der Waals surface area contributed by atoms with Gasteiger partial charge in [0.25, 0.3) is 10.0 Å². The summed E-state index contributed by atoms with van der Waals surface area (Å²) in [7, 11) is -4.16. The first-order valence-electron chi connectivity index (χ1n) is 13.2. The molecule has 0 saturated heterocycles. The van der Waals surface area contributed by atoms with Crippen LogP contribution >= 0.6 is 11.6 Å². The highest BCUT2D eigenvalue weighted by atomic mass is 35.5. The van der Waals surface area contributed by atoms with E-state index >= 15 is 0 Å². The van der Waals surface area contributed by atoms with Gasteiger partial charge in [-0.05, 0) is 76.4 Å². The summed E-state index contributed by atoms with van der Waals surface area (Å²) in [5, 5.41) is 3.36. The lowest BCUT2D eigenvalue weighted by Crippen LogP contribution is -2.55. The zero-order valence-electron chi connectivity index (χ0n) is 23.9. The van der Waals surface area contributed by atoms with Crippen molar-refractivity contribution < 1.29 is 18.0 Å². The number of amides is 2. The van der Waals surface area contributed by atoms with Crippen LogP contribution in [-0.2, 0) is 26.2 Å². The van der Waals surface area contributed by atoms with E-state index in [0.717, 1.165) is 15.4 Å². The van der Waals surface area contributed by atoms with Crippen molar-refractivity contribution in [1.82, 2.24) is 10.2 Å². The van der Waals surface area contributed by atoms with Gasteiger partial charge in [0, 0.05) is 17.1 Å². The van der Waals surface area contributed by atoms with Crippen molar-refractivity contribution in [1.29, 1.82) is 0 Å². The van der Waals surface area contributed by atoms with Crippen molar-refractivity contribution >= 4 is 39.1 Å². The molecule has 1 atom stereocenters. The molecule has 40 heavy (non-hydrogen) atoms. The molecule has 9 heteroatoms. The fourth-order valence-electron chi connectivity index (χ4n) is 4.48. The van der Waals surface area contributed by atoms with Gasteiger partial charge >= 0.3 is 0 Å². The summed E-state index contributed by atoms with van der Waals surface area (Å²) < 4.78 is 29.0. The van der Waals surface area contributed by atoms with Crippen LogP contribution in [-0.4, -0.2) is 43.3 Å². The highest BCUT2D eigenvalue weighted by molar-refractivity contribution is 7.92. The number of carbonyl (C=O) groups excluding carboxylic acids is 2. The van der Waals surface area contributed by atoms with Crippen LogP contribution in [0.5, 0.6) is 0 Å². The van der Waals surface area contributed by atoms with Gasteiger partial charge in [-0.3, -0.25) is 13.9 Å². The Kier molecular flexibility index (Phi) is 10.0. The highest BCUT2D eigenvalue weighted by Crippen LogP contribution is 2.31. The van der Waals surface area contributed by atoms with E-state index in [9.17, 15) is 18.0 Å². The van der Waals surface area contributed by atoms with Gasteiger partial charge in [-0.25, -0.2) is 8.42 Å². The molecular formula is C31H38ClN3O4S. The Balaban J connectivity index is 2.11. The molecule has 0 aliphatic carbocycles. The molecule has 0 spiro atoms. The Morgan fingerprint density at radius 1 is 0.950 bits per heavy atom. The molecule has 0 fully saturated rings. The third-order valence-corrected chi connectivity index (χ3v) is 8.62. The van der Waals surface area contributed by atoms with Crippen LogP contribution in [0.2, 0.25) is 5.02 Å². The molecule has 0 aliphatic heterocycles. The van der Waals surface area contributed by atoms with Gasteiger partial charge in [-0.2, -0.15) is 0 Å². The minimum atomic E-state index is -4.16. The van der Waals surface area contributed by atoms with Gasteiger partial charge in [-0.1, -0.05) is 72.6 Å². The summed E-state index contributed by atoms with van der Waals surface area (Å²) >= 11 is 6.38. The molecule has 1 unspecified atom stereocenters. The number of aryl methyl sites for hydroxylation is 1. The standard InChI is InChI=1S/C31H38ClN3O4S/c1-7-27(30(37)33-31(4,5)6)34(20-24-14-11-13-22(2)19-24)29(36)21-35(28-18-12-17-26(32)23(28)3)40(38,39)25-15-9-8-10-16-25/h8-19,27H,7,20-21H2,1-6H3,(H,33,37). The molecule has 0 heterocycles. The van der Waals surface area contributed by atoms with E-state index in [1.807, 2.05) is 58.9 Å². The van der Waals surface area contributed by atoms with E-state index in [-0.39, 0.29) is 17.3 Å². The predicted octanol–water partition coefficient (Wildman–Crippen LogP) is 5.87. The van der Waals surface area contributed by atoms with Crippen LogP contribution in [0.4, 0.5) is 5.69 Å². The van der Waals surface area contributed by atoms with Crippen LogP contribution in [0, 0.1) is 13.8 Å². The van der Waals surface area contributed by atoms with Crippen LogP contribution in [0.1, 0.15) is 50.8 Å². The van der Waals surface area contributed by atoms with Gasteiger partial charge in [0.05, 0.1) is 10.6 Å². The summed E-state index contributed by atoms with van der Waals surface area (Å²) in [5.74, 6) is -0.802. The number of rotatable bonds is 10. The number of nitrogens with zero attached hydrogens (tertiary/aromatic N) is 2. The summed E-state index contributed by atoms with van der Waals surface area (Å²) in [5.41, 5.74) is 2.17. The highest BCUT2D eigenvalue weighted by Gasteiger charge is 2.35. The second kappa shape index (κ2) is 12.9. The third-order valence-electron chi connectivity index (χ3n) is 6.44. The fourth-order valence-corrected chi connectivity index (χ4v) is 6.14. The Morgan fingerprint density at radius 3 is 2.20 bits per heavy atom. The molecule has 0 bridgehead atoms. The quantitative estimate of drug-likeness (QED) is 0.323. The number of hydrogen-bond acceptors (Lipinski definition) is 4. The summed E-state index contributed by atoms with van der Waals surface area (Å²) in [6, 6.07) is 19.8. The molecule has 0 saturated carbocycles. The lowest BCUT2D eigenvalue weighted by atomic mass is 10.0. The summed E-state index contributed by atoms with van der Waals surface area (Å²) in [6.07, 6.45) is 0.348. The zero-order chi connectivity index (χ0) is 29.7. The van der Waals surface area contributed by atoms with Crippen molar-refractivity contribution in [2.45, 2.75) is 71.0 Å². The number of benzene rings is 3. The molecule has 0 aliphatic rings. The van der Waals surface area contributed by atoms with Gasteiger partial charge in [0.2, 0.25) is 11.8 Å². The van der Waals surface area contributed by atoms with Crippen molar-refractivity contribution in [3.8, 4) is 0 Å². The number of anilines is 1. The Bertz CT molecular complexity index is 1450. The normalized spacial score (nSPS) is 12.5. The molecule has 2 amide bonds. The smallest absolute Gasteiger partial charge is 0.264 e. The van der Waals surface area contributed by atoms with Crippen LogP contribution in [0.15, 0.2) is 77.7 Å². The molecule has 3 rings (SSSR count). The first-order valence-corrected chi connectivity index (χ1v) is 15.1. The molecule has 0 aromatic heterocycles. The number of halogens is 1. The zero-order valence-corrected chi connectivity index (χ0v) is 25.5. The average molecular weight is 584 g/mol. The van der Waals surface area contributed by atoms with Crippen LogP contribution in [0.3, 0.4) is 0 Å². The van der Waals surface area contributed by atoms with E-state index in [4.69, 9.17) is 11.6 Å². The SMILES string of the molecule is CCC(C(=O)NC(C)(C)C)N(Cc1cccc(C)c1)C(=O)CN(c1cccc(Cl)c1C)S(=O)(=O)c1ccccc1. The largest absolute Gasteiger partial charge is 0.350 e. The number of hydrogen-bond donors (Lipinski definition) is 1. The Labute approximate surface area is 243 Å². The van der Waals surface area contributed by atoms with Crippen molar-refractivity contribution in [3.63, 3.8) is 0 Å². The Morgan fingerprint density at radius 2 is 1.60 bits per heavy atom. The molecule has 0 radical (unpaired) electrons. The lowest BCUT2D eigenvalue weighted by Gasteiger charge is -2.35.